The molecule has 0 atom stereocenters. The van der Waals surface area contributed by atoms with Crippen molar-refractivity contribution in [3.8, 4) is 56.4 Å². The first-order chi connectivity index (χ1) is 24.8. The zero-order valence-electron chi connectivity index (χ0n) is 26.7. The largest absolute Gasteiger partial charge is 0.456 e. The highest BCUT2D eigenvalue weighted by atomic mass is 32.1. The van der Waals surface area contributed by atoms with Crippen molar-refractivity contribution >= 4 is 53.4 Å². The Bertz CT molecular complexity index is 2820. The molecule has 0 amide bonds. The van der Waals surface area contributed by atoms with Crippen molar-refractivity contribution < 1.29 is 4.42 Å². The lowest BCUT2D eigenvalue weighted by atomic mass is 9.93. The zero-order valence-corrected chi connectivity index (χ0v) is 27.6. The van der Waals surface area contributed by atoms with E-state index in [-0.39, 0.29) is 0 Å². The van der Waals surface area contributed by atoms with Gasteiger partial charge in [0.25, 0.3) is 0 Å². The van der Waals surface area contributed by atoms with Gasteiger partial charge in [-0.3, -0.25) is 0 Å². The predicted octanol–water partition coefficient (Wildman–Crippen LogP) is 12.5. The second-order valence-electron chi connectivity index (χ2n) is 12.4. The van der Waals surface area contributed by atoms with Crippen LogP contribution < -0.4 is 0 Å². The Hall–Kier alpha value is -6.43. The number of hydrogen-bond donors (Lipinski definition) is 0. The molecule has 0 bridgehead atoms. The van der Waals surface area contributed by atoms with Gasteiger partial charge in [0.15, 0.2) is 17.5 Å². The van der Waals surface area contributed by atoms with Crippen LogP contribution in [0.4, 0.5) is 0 Å². The second-order valence-corrected chi connectivity index (χ2v) is 13.4. The standard InChI is InChI=1S/C45H27N3OS/c1-3-12-28(13-4-1)43-46-44(29-14-5-2-6-15-29)48-45(47-43)31-23-25-36-38-20-11-19-37(42(38)50-41(36)27-31)33-17-8-7-16-32(33)30-22-24-35-34-18-9-10-21-39(34)49-40(35)26-30/h1-27H. The molecule has 7 aromatic carbocycles. The third-order valence-corrected chi connectivity index (χ3v) is 10.6. The first-order valence-corrected chi connectivity index (χ1v) is 17.4. The Morgan fingerprint density at radius 3 is 1.68 bits per heavy atom. The molecular formula is C45H27N3OS. The fourth-order valence-corrected chi connectivity index (χ4v) is 8.22. The molecule has 0 saturated heterocycles. The molecule has 3 aromatic heterocycles. The van der Waals surface area contributed by atoms with Crippen molar-refractivity contribution in [3.05, 3.63) is 164 Å². The summed E-state index contributed by atoms with van der Waals surface area (Å²) in [6.45, 7) is 0. The summed E-state index contributed by atoms with van der Waals surface area (Å²) in [4.78, 5) is 14.8. The Kier molecular flexibility index (Phi) is 6.64. The summed E-state index contributed by atoms with van der Waals surface area (Å²) in [6.07, 6.45) is 0. The van der Waals surface area contributed by atoms with Gasteiger partial charge in [0.1, 0.15) is 11.2 Å². The van der Waals surface area contributed by atoms with Crippen LogP contribution in [0, 0.1) is 0 Å². The van der Waals surface area contributed by atoms with E-state index in [1.807, 2.05) is 84.1 Å². The lowest BCUT2D eigenvalue weighted by molar-refractivity contribution is 0.669. The highest BCUT2D eigenvalue weighted by molar-refractivity contribution is 7.26. The zero-order chi connectivity index (χ0) is 33.0. The van der Waals surface area contributed by atoms with Gasteiger partial charge in [-0.15, -0.1) is 11.3 Å². The maximum absolute atomic E-state index is 6.27. The molecule has 0 aliphatic carbocycles. The smallest absolute Gasteiger partial charge is 0.164 e. The van der Waals surface area contributed by atoms with Crippen molar-refractivity contribution in [2.24, 2.45) is 0 Å². The van der Waals surface area contributed by atoms with Crippen LogP contribution >= 0.6 is 11.3 Å². The summed E-state index contributed by atoms with van der Waals surface area (Å²) < 4.78 is 8.71. The van der Waals surface area contributed by atoms with Gasteiger partial charge in [0.05, 0.1) is 0 Å². The molecule has 0 spiro atoms. The third-order valence-electron chi connectivity index (χ3n) is 9.36. The average Bonchev–Trinajstić information content (AvgIpc) is 3.76. The van der Waals surface area contributed by atoms with E-state index in [0.717, 1.165) is 44.2 Å². The van der Waals surface area contributed by atoms with Crippen LogP contribution in [0.15, 0.2) is 168 Å². The van der Waals surface area contributed by atoms with Gasteiger partial charge in [0, 0.05) is 53.2 Å². The fraction of sp³-hybridized carbons (Fsp3) is 0. The number of para-hydroxylation sites is 1. The molecule has 0 N–H and O–H groups in total. The van der Waals surface area contributed by atoms with E-state index >= 15 is 0 Å². The molecule has 3 heterocycles. The highest BCUT2D eigenvalue weighted by Crippen LogP contribution is 2.44. The van der Waals surface area contributed by atoms with Gasteiger partial charge in [0.2, 0.25) is 0 Å². The highest BCUT2D eigenvalue weighted by Gasteiger charge is 2.17. The third kappa shape index (κ3) is 4.79. The van der Waals surface area contributed by atoms with Crippen molar-refractivity contribution in [1.29, 1.82) is 0 Å². The first kappa shape index (κ1) is 28.6. The molecule has 10 rings (SSSR count). The van der Waals surface area contributed by atoms with Gasteiger partial charge < -0.3 is 4.42 Å². The number of thiophene rings is 1. The summed E-state index contributed by atoms with van der Waals surface area (Å²) >= 11 is 1.81. The maximum atomic E-state index is 6.27. The van der Waals surface area contributed by atoms with E-state index in [1.165, 1.54) is 36.9 Å². The Morgan fingerprint density at radius 2 is 0.920 bits per heavy atom. The summed E-state index contributed by atoms with van der Waals surface area (Å²) in [5, 5.41) is 4.73. The number of furan rings is 1. The van der Waals surface area contributed by atoms with Gasteiger partial charge >= 0.3 is 0 Å². The van der Waals surface area contributed by atoms with Gasteiger partial charge in [-0.1, -0.05) is 140 Å². The molecule has 0 saturated carbocycles. The average molecular weight is 658 g/mol. The molecule has 0 unspecified atom stereocenters. The maximum Gasteiger partial charge on any atom is 0.164 e. The van der Waals surface area contributed by atoms with E-state index in [9.17, 15) is 0 Å². The Morgan fingerprint density at radius 1 is 0.360 bits per heavy atom. The number of fused-ring (bicyclic) bond motifs is 6. The molecule has 5 heteroatoms. The van der Waals surface area contributed by atoms with Crippen LogP contribution in [0.2, 0.25) is 0 Å². The SMILES string of the molecule is c1ccc(-c2nc(-c3ccccc3)nc(-c3ccc4c(c3)sc3c(-c5ccccc5-c5ccc6c(c5)oc5ccccc56)cccc34)n2)cc1. The summed E-state index contributed by atoms with van der Waals surface area (Å²) in [7, 11) is 0. The molecule has 0 radical (unpaired) electrons. The molecule has 4 nitrogen and oxygen atoms in total. The van der Waals surface area contributed by atoms with Crippen LogP contribution in [0.1, 0.15) is 0 Å². The number of rotatable bonds is 5. The summed E-state index contributed by atoms with van der Waals surface area (Å²) in [5.74, 6) is 1.97. The van der Waals surface area contributed by atoms with Crippen LogP contribution in [0.5, 0.6) is 0 Å². The monoisotopic (exact) mass is 657 g/mol. The van der Waals surface area contributed by atoms with E-state index in [1.54, 1.807) is 0 Å². The van der Waals surface area contributed by atoms with Crippen molar-refractivity contribution in [2.75, 3.05) is 0 Å². The van der Waals surface area contributed by atoms with Crippen LogP contribution in [0.25, 0.3) is 98.5 Å². The first-order valence-electron chi connectivity index (χ1n) is 16.6. The Balaban J connectivity index is 1.11. The molecule has 0 aliphatic rings. The van der Waals surface area contributed by atoms with Gasteiger partial charge in [-0.25, -0.2) is 15.0 Å². The summed E-state index contributed by atoms with van der Waals surface area (Å²) in [5.41, 5.74) is 9.39. The topological polar surface area (TPSA) is 51.8 Å². The van der Waals surface area contributed by atoms with Crippen LogP contribution in [-0.4, -0.2) is 15.0 Å². The molecular weight excluding hydrogens is 631 g/mol. The molecule has 0 aliphatic heterocycles. The lowest BCUT2D eigenvalue weighted by Gasteiger charge is -2.11. The number of aromatic nitrogens is 3. The van der Waals surface area contributed by atoms with Crippen molar-refractivity contribution in [2.45, 2.75) is 0 Å². The quantitative estimate of drug-likeness (QED) is 0.185. The fourth-order valence-electron chi connectivity index (χ4n) is 6.95. The number of hydrogen-bond acceptors (Lipinski definition) is 5. The molecule has 10 aromatic rings. The van der Waals surface area contributed by atoms with Gasteiger partial charge in [-0.05, 0) is 41.0 Å². The van der Waals surface area contributed by atoms with E-state index in [0.29, 0.717) is 17.5 Å². The van der Waals surface area contributed by atoms with Gasteiger partial charge in [-0.2, -0.15) is 0 Å². The minimum atomic E-state index is 0.656. The minimum absolute atomic E-state index is 0.656. The lowest BCUT2D eigenvalue weighted by Crippen LogP contribution is -1.99. The van der Waals surface area contributed by atoms with Crippen molar-refractivity contribution in [1.82, 2.24) is 15.0 Å². The molecule has 50 heavy (non-hydrogen) atoms. The summed E-state index contributed by atoms with van der Waals surface area (Å²) in [6, 6.07) is 56.9. The number of benzene rings is 7. The normalized spacial score (nSPS) is 11.6. The molecule has 0 fully saturated rings. The van der Waals surface area contributed by atoms with Crippen LogP contribution in [-0.2, 0) is 0 Å². The minimum Gasteiger partial charge on any atom is -0.456 e. The Labute approximate surface area is 292 Å². The molecule has 234 valence electrons. The number of nitrogens with zero attached hydrogens (tertiary/aromatic N) is 3. The van der Waals surface area contributed by atoms with Crippen molar-refractivity contribution in [3.63, 3.8) is 0 Å². The van der Waals surface area contributed by atoms with E-state index in [4.69, 9.17) is 19.4 Å². The van der Waals surface area contributed by atoms with Crippen LogP contribution in [0.3, 0.4) is 0 Å². The van der Waals surface area contributed by atoms with E-state index < -0.39 is 0 Å². The second kappa shape index (κ2) is 11.6. The van der Waals surface area contributed by atoms with E-state index in [2.05, 4.69) is 91.0 Å². The predicted molar refractivity (Wildman–Crippen MR) is 207 cm³/mol.